The highest BCUT2D eigenvalue weighted by Gasteiger charge is 2.29. The number of nitrogens with zero attached hydrogens (tertiary/aromatic N) is 1. The fourth-order valence-electron chi connectivity index (χ4n) is 2.49. The molecule has 0 unspecified atom stereocenters. The predicted octanol–water partition coefficient (Wildman–Crippen LogP) is 3.40. The van der Waals surface area contributed by atoms with Crippen LogP contribution in [-0.2, 0) is 6.54 Å². The molecule has 0 amide bonds. The zero-order valence-corrected chi connectivity index (χ0v) is 12.7. The van der Waals surface area contributed by atoms with Crippen molar-refractivity contribution in [3.05, 3.63) is 22.2 Å². The van der Waals surface area contributed by atoms with E-state index in [1.807, 2.05) is 12.1 Å². The van der Waals surface area contributed by atoms with E-state index in [9.17, 15) is 5.11 Å². The summed E-state index contributed by atoms with van der Waals surface area (Å²) in [4.78, 5) is 2.44. The molecule has 0 aliphatic carbocycles. The van der Waals surface area contributed by atoms with Crippen molar-refractivity contribution in [2.75, 3.05) is 20.2 Å². The van der Waals surface area contributed by atoms with Crippen LogP contribution in [-0.4, -0.2) is 30.2 Å². The van der Waals surface area contributed by atoms with Crippen molar-refractivity contribution in [3.63, 3.8) is 0 Å². The lowest BCUT2D eigenvalue weighted by Gasteiger charge is -2.20. The number of phenolic OH excluding ortho intramolecular Hbond substituents is 1. The second-order valence-corrected chi connectivity index (χ2v) is 6.61. The Hall–Kier alpha value is -0.740. The van der Waals surface area contributed by atoms with Crippen molar-refractivity contribution in [2.45, 2.75) is 26.8 Å². The maximum absolute atomic E-state index is 9.78. The highest BCUT2D eigenvalue weighted by molar-refractivity contribution is 9.10. The Labute approximate surface area is 117 Å². The van der Waals surface area contributed by atoms with Gasteiger partial charge in [0.05, 0.1) is 11.6 Å². The van der Waals surface area contributed by atoms with E-state index in [2.05, 4.69) is 34.7 Å². The molecule has 0 spiro atoms. The van der Waals surface area contributed by atoms with Crippen LogP contribution < -0.4 is 4.74 Å². The summed E-state index contributed by atoms with van der Waals surface area (Å²) >= 11 is 3.36. The van der Waals surface area contributed by atoms with Gasteiger partial charge in [-0.05, 0) is 52.0 Å². The van der Waals surface area contributed by atoms with E-state index in [4.69, 9.17) is 4.74 Å². The third-order valence-corrected chi connectivity index (χ3v) is 4.08. The summed E-state index contributed by atoms with van der Waals surface area (Å²) in [5, 5.41) is 9.78. The lowest BCUT2D eigenvalue weighted by molar-refractivity contribution is 0.283. The molecule has 2 rings (SSSR count). The summed E-state index contributed by atoms with van der Waals surface area (Å²) in [5.41, 5.74) is 1.58. The van der Waals surface area contributed by atoms with Gasteiger partial charge in [-0.2, -0.15) is 0 Å². The van der Waals surface area contributed by atoms with E-state index in [1.54, 1.807) is 7.11 Å². The van der Waals surface area contributed by atoms with Gasteiger partial charge in [-0.1, -0.05) is 13.8 Å². The number of hydrogen-bond acceptors (Lipinski definition) is 3. The molecule has 1 aromatic carbocycles. The number of aromatic hydroxyl groups is 1. The molecule has 1 aliphatic rings. The average molecular weight is 314 g/mol. The first-order valence-electron chi connectivity index (χ1n) is 6.19. The number of benzene rings is 1. The molecular formula is C14H20BrNO2. The van der Waals surface area contributed by atoms with E-state index in [-0.39, 0.29) is 5.75 Å². The van der Waals surface area contributed by atoms with Crippen LogP contribution in [0, 0.1) is 5.41 Å². The van der Waals surface area contributed by atoms with Gasteiger partial charge in [0, 0.05) is 13.1 Å². The molecule has 0 atom stereocenters. The zero-order chi connectivity index (χ0) is 13.3. The Balaban J connectivity index is 2.13. The van der Waals surface area contributed by atoms with Crippen molar-refractivity contribution in [3.8, 4) is 11.5 Å². The van der Waals surface area contributed by atoms with Crippen molar-refractivity contribution >= 4 is 15.9 Å². The third-order valence-electron chi connectivity index (χ3n) is 3.47. The molecule has 1 N–H and O–H groups in total. The Morgan fingerprint density at radius 2 is 2.17 bits per heavy atom. The van der Waals surface area contributed by atoms with Crippen LogP contribution >= 0.6 is 15.9 Å². The Morgan fingerprint density at radius 1 is 1.44 bits per heavy atom. The summed E-state index contributed by atoms with van der Waals surface area (Å²) in [6.07, 6.45) is 1.24. The van der Waals surface area contributed by atoms with Gasteiger partial charge in [-0.15, -0.1) is 0 Å². The quantitative estimate of drug-likeness (QED) is 0.928. The van der Waals surface area contributed by atoms with Crippen molar-refractivity contribution < 1.29 is 9.84 Å². The first kappa shape index (κ1) is 13.7. The van der Waals surface area contributed by atoms with Crippen LogP contribution in [0.25, 0.3) is 0 Å². The molecule has 0 radical (unpaired) electrons. The molecule has 100 valence electrons. The van der Waals surface area contributed by atoms with Gasteiger partial charge >= 0.3 is 0 Å². The monoisotopic (exact) mass is 313 g/mol. The first-order valence-corrected chi connectivity index (χ1v) is 6.98. The van der Waals surface area contributed by atoms with Gasteiger partial charge in [0.25, 0.3) is 0 Å². The molecule has 1 heterocycles. The summed E-state index contributed by atoms with van der Waals surface area (Å²) in [6, 6.07) is 3.87. The second-order valence-electron chi connectivity index (χ2n) is 5.75. The number of ether oxygens (including phenoxy) is 1. The van der Waals surface area contributed by atoms with Gasteiger partial charge in [-0.3, -0.25) is 4.90 Å². The van der Waals surface area contributed by atoms with Crippen LogP contribution in [0.5, 0.6) is 11.5 Å². The molecule has 4 heteroatoms. The number of halogens is 1. The fraction of sp³-hybridized carbons (Fsp3) is 0.571. The highest BCUT2D eigenvalue weighted by atomic mass is 79.9. The lowest BCUT2D eigenvalue weighted by atomic mass is 9.93. The molecular weight excluding hydrogens is 294 g/mol. The van der Waals surface area contributed by atoms with Crippen molar-refractivity contribution in [2.24, 2.45) is 5.41 Å². The standard InChI is InChI=1S/C14H20BrNO2/c1-14(2)4-5-16(9-14)8-10-6-11(15)13(17)12(7-10)18-3/h6-7,17H,4-5,8-9H2,1-3H3. The Morgan fingerprint density at radius 3 is 2.72 bits per heavy atom. The summed E-state index contributed by atoms with van der Waals surface area (Å²) < 4.78 is 5.86. The van der Waals surface area contributed by atoms with E-state index in [1.165, 1.54) is 6.42 Å². The number of methoxy groups -OCH3 is 1. The summed E-state index contributed by atoms with van der Waals surface area (Å²) in [5.74, 6) is 0.695. The number of hydrogen-bond donors (Lipinski definition) is 1. The highest BCUT2D eigenvalue weighted by Crippen LogP contribution is 2.36. The van der Waals surface area contributed by atoms with Crippen LogP contribution in [0.15, 0.2) is 16.6 Å². The van der Waals surface area contributed by atoms with Crippen LogP contribution in [0.1, 0.15) is 25.8 Å². The normalized spacial score (nSPS) is 19.1. The topological polar surface area (TPSA) is 32.7 Å². The van der Waals surface area contributed by atoms with Gasteiger partial charge in [-0.25, -0.2) is 0 Å². The van der Waals surface area contributed by atoms with Crippen molar-refractivity contribution in [1.82, 2.24) is 4.90 Å². The van der Waals surface area contributed by atoms with Crippen LogP contribution in [0.3, 0.4) is 0 Å². The Kier molecular flexibility index (Phi) is 3.87. The van der Waals surface area contributed by atoms with Gasteiger partial charge in [0.2, 0.25) is 0 Å². The zero-order valence-electron chi connectivity index (χ0n) is 11.2. The molecule has 1 fully saturated rings. The minimum atomic E-state index is 0.169. The molecule has 0 aromatic heterocycles. The maximum atomic E-state index is 9.78. The molecule has 1 saturated heterocycles. The Bertz CT molecular complexity index is 446. The van der Waals surface area contributed by atoms with Crippen LogP contribution in [0.2, 0.25) is 0 Å². The number of phenols is 1. The second kappa shape index (κ2) is 5.10. The average Bonchev–Trinajstić information content (AvgIpc) is 2.63. The van der Waals surface area contributed by atoms with E-state index in [0.717, 1.165) is 25.2 Å². The molecule has 18 heavy (non-hydrogen) atoms. The SMILES string of the molecule is COc1cc(CN2CCC(C)(C)C2)cc(Br)c1O. The summed E-state index contributed by atoms with van der Waals surface area (Å²) in [6.45, 7) is 7.76. The van der Waals surface area contributed by atoms with Crippen molar-refractivity contribution in [1.29, 1.82) is 0 Å². The summed E-state index contributed by atoms with van der Waals surface area (Å²) in [7, 11) is 1.57. The third kappa shape index (κ3) is 2.98. The minimum absolute atomic E-state index is 0.169. The molecule has 1 aromatic rings. The van der Waals surface area contributed by atoms with E-state index in [0.29, 0.717) is 15.6 Å². The van der Waals surface area contributed by atoms with Gasteiger partial charge in [0.1, 0.15) is 0 Å². The molecule has 1 aliphatic heterocycles. The van der Waals surface area contributed by atoms with E-state index < -0.39 is 0 Å². The number of likely N-dealkylation sites (tertiary alicyclic amines) is 1. The maximum Gasteiger partial charge on any atom is 0.172 e. The van der Waals surface area contributed by atoms with Crippen LogP contribution in [0.4, 0.5) is 0 Å². The lowest BCUT2D eigenvalue weighted by Crippen LogP contribution is -2.22. The molecule has 3 nitrogen and oxygen atoms in total. The predicted molar refractivity (Wildman–Crippen MR) is 76.0 cm³/mol. The minimum Gasteiger partial charge on any atom is -0.503 e. The molecule has 0 saturated carbocycles. The fourth-order valence-corrected chi connectivity index (χ4v) is 2.98. The van der Waals surface area contributed by atoms with Gasteiger partial charge < -0.3 is 9.84 Å². The first-order chi connectivity index (χ1) is 8.41. The number of rotatable bonds is 3. The molecule has 0 bridgehead atoms. The largest absolute Gasteiger partial charge is 0.503 e. The van der Waals surface area contributed by atoms with E-state index >= 15 is 0 Å². The smallest absolute Gasteiger partial charge is 0.172 e. The van der Waals surface area contributed by atoms with Gasteiger partial charge in [0.15, 0.2) is 11.5 Å².